The maximum atomic E-state index is 13.4. The van der Waals surface area contributed by atoms with E-state index in [1.807, 2.05) is 0 Å². The molecule has 0 bridgehead atoms. The number of benzene rings is 2. The Kier molecular flexibility index (Phi) is 3.79. The standard InChI is InChI=1S/C15H10ClFN4O2/c1-20(10-4-2-3-9(17)7-10)14-12-6-5-11(21(22)23)8-13(12)18-15(16)19-14/h2-8H,1H3. The van der Waals surface area contributed by atoms with E-state index in [-0.39, 0.29) is 16.8 Å². The van der Waals surface area contributed by atoms with Gasteiger partial charge in [-0.25, -0.2) is 9.37 Å². The maximum absolute atomic E-state index is 13.4. The lowest BCUT2D eigenvalue weighted by atomic mass is 10.2. The van der Waals surface area contributed by atoms with E-state index >= 15 is 0 Å². The molecule has 8 heteroatoms. The van der Waals surface area contributed by atoms with Gasteiger partial charge in [0.2, 0.25) is 5.28 Å². The summed E-state index contributed by atoms with van der Waals surface area (Å²) in [7, 11) is 1.70. The van der Waals surface area contributed by atoms with Crippen molar-refractivity contribution in [3.05, 3.63) is 63.7 Å². The normalized spacial score (nSPS) is 10.7. The molecular formula is C15H10ClFN4O2. The van der Waals surface area contributed by atoms with Gasteiger partial charge in [-0.3, -0.25) is 10.1 Å². The first kappa shape index (κ1) is 15.1. The van der Waals surface area contributed by atoms with Crippen LogP contribution >= 0.6 is 11.6 Å². The molecule has 0 N–H and O–H groups in total. The van der Waals surface area contributed by atoms with Gasteiger partial charge in [0.05, 0.1) is 10.4 Å². The van der Waals surface area contributed by atoms with Gasteiger partial charge in [0, 0.05) is 30.3 Å². The summed E-state index contributed by atoms with van der Waals surface area (Å²) in [5, 5.41) is 11.4. The van der Waals surface area contributed by atoms with Crippen molar-refractivity contribution in [2.45, 2.75) is 0 Å². The summed E-state index contributed by atoms with van der Waals surface area (Å²) < 4.78 is 13.4. The molecule has 0 radical (unpaired) electrons. The minimum atomic E-state index is -0.509. The van der Waals surface area contributed by atoms with Gasteiger partial charge in [0.15, 0.2) is 0 Å². The van der Waals surface area contributed by atoms with E-state index in [0.29, 0.717) is 22.4 Å². The number of aromatic nitrogens is 2. The molecule has 0 aliphatic carbocycles. The summed E-state index contributed by atoms with van der Waals surface area (Å²) >= 11 is 5.93. The lowest BCUT2D eigenvalue weighted by molar-refractivity contribution is -0.384. The van der Waals surface area contributed by atoms with Crippen molar-refractivity contribution in [3.63, 3.8) is 0 Å². The molecule has 116 valence electrons. The van der Waals surface area contributed by atoms with Crippen LogP contribution < -0.4 is 4.90 Å². The van der Waals surface area contributed by atoms with Crippen molar-refractivity contribution in [3.8, 4) is 0 Å². The first-order valence-electron chi connectivity index (χ1n) is 6.56. The van der Waals surface area contributed by atoms with Crippen LogP contribution in [0.25, 0.3) is 10.9 Å². The monoisotopic (exact) mass is 332 g/mol. The Morgan fingerprint density at radius 2 is 2.00 bits per heavy atom. The Labute approximate surface area is 135 Å². The Morgan fingerprint density at radius 3 is 2.70 bits per heavy atom. The van der Waals surface area contributed by atoms with E-state index in [4.69, 9.17) is 11.6 Å². The number of nitro benzene ring substituents is 1. The number of hydrogen-bond acceptors (Lipinski definition) is 5. The van der Waals surface area contributed by atoms with Gasteiger partial charge in [0.25, 0.3) is 5.69 Å². The molecule has 0 amide bonds. The number of nitro groups is 1. The number of non-ortho nitro benzene ring substituents is 1. The van der Waals surface area contributed by atoms with Crippen LogP contribution in [0.4, 0.5) is 21.6 Å². The molecule has 3 aromatic rings. The third-order valence-corrected chi connectivity index (χ3v) is 3.53. The molecule has 1 aromatic heterocycles. The van der Waals surface area contributed by atoms with Crippen LogP contribution in [0, 0.1) is 15.9 Å². The number of hydrogen-bond donors (Lipinski definition) is 0. The quantitative estimate of drug-likeness (QED) is 0.410. The average molecular weight is 333 g/mol. The maximum Gasteiger partial charge on any atom is 0.271 e. The van der Waals surface area contributed by atoms with Gasteiger partial charge in [-0.1, -0.05) is 6.07 Å². The molecule has 3 rings (SSSR count). The van der Waals surface area contributed by atoms with E-state index in [9.17, 15) is 14.5 Å². The first-order chi connectivity index (χ1) is 11.0. The van der Waals surface area contributed by atoms with Crippen LogP contribution in [-0.4, -0.2) is 21.9 Å². The summed E-state index contributed by atoms with van der Waals surface area (Å²) in [5.41, 5.74) is 0.823. The highest BCUT2D eigenvalue weighted by Gasteiger charge is 2.16. The third kappa shape index (κ3) is 2.91. The first-order valence-corrected chi connectivity index (χ1v) is 6.94. The van der Waals surface area contributed by atoms with Gasteiger partial charge in [-0.2, -0.15) is 4.98 Å². The summed E-state index contributed by atoms with van der Waals surface area (Å²) in [6, 6.07) is 10.2. The van der Waals surface area contributed by atoms with Crippen LogP contribution in [-0.2, 0) is 0 Å². The zero-order valence-corrected chi connectivity index (χ0v) is 12.7. The zero-order chi connectivity index (χ0) is 16.6. The van der Waals surface area contributed by atoms with Crippen molar-refractivity contribution < 1.29 is 9.31 Å². The Morgan fingerprint density at radius 1 is 1.22 bits per heavy atom. The van der Waals surface area contributed by atoms with Crippen LogP contribution in [0.15, 0.2) is 42.5 Å². The van der Waals surface area contributed by atoms with E-state index in [1.165, 1.54) is 24.3 Å². The van der Waals surface area contributed by atoms with Crippen LogP contribution in [0.5, 0.6) is 0 Å². The second-order valence-electron chi connectivity index (χ2n) is 4.81. The van der Waals surface area contributed by atoms with Crippen molar-refractivity contribution in [2.75, 3.05) is 11.9 Å². The van der Waals surface area contributed by atoms with Crippen molar-refractivity contribution in [1.82, 2.24) is 9.97 Å². The van der Waals surface area contributed by atoms with Crippen LogP contribution in [0.2, 0.25) is 5.28 Å². The Hall–Kier alpha value is -2.80. The second-order valence-corrected chi connectivity index (χ2v) is 5.15. The molecule has 0 atom stereocenters. The number of rotatable bonds is 3. The third-order valence-electron chi connectivity index (χ3n) is 3.36. The summed E-state index contributed by atoms with van der Waals surface area (Å²) in [6.07, 6.45) is 0. The SMILES string of the molecule is CN(c1cccc(F)c1)c1nc(Cl)nc2cc([N+](=O)[O-])ccc12. The Bertz CT molecular complexity index is 919. The lowest BCUT2D eigenvalue weighted by Gasteiger charge is -2.20. The smallest absolute Gasteiger partial charge is 0.271 e. The molecule has 23 heavy (non-hydrogen) atoms. The van der Waals surface area contributed by atoms with E-state index in [0.717, 1.165) is 0 Å². The van der Waals surface area contributed by atoms with E-state index in [2.05, 4.69) is 9.97 Å². The fraction of sp³-hybridized carbons (Fsp3) is 0.0667. The van der Waals surface area contributed by atoms with Crippen molar-refractivity contribution in [1.29, 1.82) is 0 Å². The van der Waals surface area contributed by atoms with E-state index in [1.54, 1.807) is 30.1 Å². The molecule has 2 aromatic carbocycles. The topological polar surface area (TPSA) is 72.2 Å². The summed E-state index contributed by atoms with van der Waals surface area (Å²) in [6.45, 7) is 0. The number of fused-ring (bicyclic) bond motifs is 1. The van der Waals surface area contributed by atoms with Gasteiger partial charge in [-0.05, 0) is 35.9 Å². The number of nitrogens with zero attached hydrogens (tertiary/aromatic N) is 4. The average Bonchev–Trinajstić information content (AvgIpc) is 2.52. The van der Waals surface area contributed by atoms with Gasteiger partial charge >= 0.3 is 0 Å². The summed E-state index contributed by atoms with van der Waals surface area (Å²) in [4.78, 5) is 20.2. The Balaban J connectivity index is 2.18. The fourth-order valence-corrected chi connectivity index (χ4v) is 2.42. The molecule has 0 saturated carbocycles. The molecule has 6 nitrogen and oxygen atoms in total. The number of halogens is 2. The molecule has 0 aliphatic rings. The minimum absolute atomic E-state index is 0.0451. The molecule has 0 unspecified atom stereocenters. The largest absolute Gasteiger partial charge is 0.329 e. The molecule has 0 aliphatic heterocycles. The summed E-state index contributed by atoms with van der Waals surface area (Å²) in [5.74, 6) is 0.0509. The molecule has 0 fully saturated rings. The highest BCUT2D eigenvalue weighted by Crippen LogP contribution is 2.31. The zero-order valence-electron chi connectivity index (χ0n) is 11.9. The van der Waals surface area contributed by atoms with Crippen molar-refractivity contribution >= 4 is 39.7 Å². The predicted molar refractivity (Wildman–Crippen MR) is 85.7 cm³/mol. The van der Waals surface area contributed by atoms with Gasteiger partial charge in [-0.15, -0.1) is 0 Å². The van der Waals surface area contributed by atoms with Gasteiger partial charge in [0.1, 0.15) is 11.6 Å². The second kappa shape index (κ2) is 5.77. The molecular weight excluding hydrogens is 323 g/mol. The van der Waals surface area contributed by atoms with E-state index < -0.39 is 4.92 Å². The number of anilines is 2. The molecule has 1 heterocycles. The van der Waals surface area contributed by atoms with Crippen molar-refractivity contribution in [2.24, 2.45) is 0 Å². The highest BCUT2D eigenvalue weighted by atomic mass is 35.5. The molecule has 0 saturated heterocycles. The van der Waals surface area contributed by atoms with Gasteiger partial charge < -0.3 is 4.90 Å². The highest BCUT2D eigenvalue weighted by molar-refractivity contribution is 6.28. The lowest BCUT2D eigenvalue weighted by Crippen LogP contribution is -2.12. The molecule has 0 spiro atoms. The fourth-order valence-electron chi connectivity index (χ4n) is 2.25. The minimum Gasteiger partial charge on any atom is -0.329 e. The van der Waals surface area contributed by atoms with Crippen LogP contribution in [0.3, 0.4) is 0 Å². The predicted octanol–water partition coefficient (Wildman–Crippen LogP) is 4.10. The van der Waals surface area contributed by atoms with Crippen LogP contribution in [0.1, 0.15) is 0 Å².